The molecule has 5 N–H and O–H groups in total. The van der Waals surface area contributed by atoms with Gasteiger partial charge in [0.05, 0.1) is 39.5 Å². The normalized spacial score (nSPS) is 18.2. The highest BCUT2D eigenvalue weighted by atomic mass is 16.6. The van der Waals surface area contributed by atoms with Crippen LogP contribution in [0, 0.1) is 5.92 Å². The first-order valence-electron chi connectivity index (χ1n) is 25.8. The summed E-state index contributed by atoms with van der Waals surface area (Å²) in [7, 11) is 1.25. The number of phenols is 1. The summed E-state index contributed by atoms with van der Waals surface area (Å²) in [6.45, 7) is 3.95. The van der Waals surface area contributed by atoms with Gasteiger partial charge in [-0.25, -0.2) is 9.59 Å². The van der Waals surface area contributed by atoms with Gasteiger partial charge in [-0.2, -0.15) is 0 Å². The van der Waals surface area contributed by atoms with Crippen LogP contribution in [0.1, 0.15) is 60.1 Å². The lowest BCUT2D eigenvalue weighted by Crippen LogP contribution is -2.66. The van der Waals surface area contributed by atoms with E-state index in [9.17, 15) is 29.1 Å². The molecule has 4 amide bonds. The number of alkyl carbamates (subject to hydrolysis) is 1. The number of benzene rings is 6. The zero-order valence-electron chi connectivity index (χ0n) is 43.5. The topological polar surface area (TPSA) is 209 Å². The molecule has 1 saturated heterocycles. The number of carbonyl (C=O) groups is 5. The Morgan fingerprint density at radius 3 is 1.44 bits per heavy atom. The van der Waals surface area contributed by atoms with Gasteiger partial charge >= 0.3 is 12.1 Å². The van der Waals surface area contributed by atoms with E-state index >= 15 is 0 Å². The molecule has 0 aromatic heterocycles. The number of phenolic OH excluding ortho intramolecular Hbond substituents is 1. The van der Waals surface area contributed by atoms with Crippen LogP contribution in [0.5, 0.6) is 5.75 Å². The monoisotopic (exact) mass is 1050 g/mol. The standard InChI is InChI=1S/C61H68N4O12/c1-41(2)33-51(60(70)72-3)63-57(68)49(34-42-19-9-4-10-20-42)62-53(67)36-52-54(73-37-44-21-11-5-12-22-44)55(74-38-45-23-13-6-14-24-45)56(75-39-46-25-15-7-16-26-46)59(77-52)65-58(69)50(35-43-29-31-48(66)32-30-43)64-61(71)76-40-47-27-17-8-18-28-47/h4-32,41,49-52,54-56,59,66H,33-40H2,1-3H3,(H,62,67)(H,63,68)(H,64,71)(H,65,69)/t49-,50-,51-,52-,54-,55+,56-,59-/m0/s1. The maximum Gasteiger partial charge on any atom is 0.408 e. The van der Waals surface area contributed by atoms with Gasteiger partial charge in [-0.3, -0.25) is 14.4 Å². The Labute approximate surface area is 449 Å². The number of esters is 1. The van der Waals surface area contributed by atoms with Crippen molar-refractivity contribution in [1.29, 1.82) is 0 Å². The van der Waals surface area contributed by atoms with Gasteiger partial charge in [0, 0.05) is 12.8 Å². The predicted octanol–water partition coefficient (Wildman–Crippen LogP) is 7.65. The summed E-state index contributed by atoms with van der Waals surface area (Å²) in [5.41, 5.74) is 4.54. The van der Waals surface area contributed by atoms with Crippen molar-refractivity contribution in [2.24, 2.45) is 5.92 Å². The number of hydrogen-bond acceptors (Lipinski definition) is 12. The molecule has 7 rings (SSSR count). The number of amides is 4. The summed E-state index contributed by atoms with van der Waals surface area (Å²) >= 11 is 0. The lowest BCUT2D eigenvalue weighted by molar-refractivity contribution is -0.270. The number of aromatic hydroxyl groups is 1. The highest BCUT2D eigenvalue weighted by Gasteiger charge is 2.50. The molecule has 0 unspecified atom stereocenters. The van der Waals surface area contributed by atoms with E-state index in [1.54, 1.807) is 24.3 Å². The lowest BCUT2D eigenvalue weighted by Gasteiger charge is -2.46. The maximum absolute atomic E-state index is 14.9. The maximum atomic E-state index is 14.9. The first-order chi connectivity index (χ1) is 37.4. The van der Waals surface area contributed by atoms with Crippen LogP contribution in [0.3, 0.4) is 0 Å². The van der Waals surface area contributed by atoms with Crippen molar-refractivity contribution in [3.63, 3.8) is 0 Å². The zero-order chi connectivity index (χ0) is 54.4. The van der Waals surface area contributed by atoms with Crippen molar-refractivity contribution < 1.29 is 57.5 Å². The van der Waals surface area contributed by atoms with Crippen LogP contribution < -0.4 is 21.3 Å². The van der Waals surface area contributed by atoms with Crippen LogP contribution in [-0.4, -0.2) is 90.8 Å². The minimum absolute atomic E-state index is 0.0168. The van der Waals surface area contributed by atoms with Gasteiger partial charge in [0.25, 0.3) is 0 Å². The first-order valence-corrected chi connectivity index (χ1v) is 25.8. The largest absolute Gasteiger partial charge is 0.508 e. The van der Waals surface area contributed by atoms with E-state index in [1.165, 1.54) is 19.2 Å². The van der Waals surface area contributed by atoms with Crippen LogP contribution in [0.15, 0.2) is 176 Å². The average molecular weight is 1050 g/mol. The molecule has 77 heavy (non-hydrogen) atoms. The highest BCUT2D eigenvalue weighted by Crippen LogP contribution is 2.32. The molecule has 0 aliphatic carbocycles. The molecule has 6 aromatic rings. The smallest absolute Gasteiger partial charge is 0.408 e. The Bertz CT molecular complexity index is 2760. The second kappa shape index (κ2) is 29.4. The quantitative estimate of drug-likeness (QED) is 0.0332. The summed E-state index contributed by atoms with van der Waals surface area (Å²) in [4.78, 5) is 70.4. The molecule has 0 radical (unpaired) electrons. The molecular weight excluding hydrogens is 981 g/mol. The molecule has 8 atom stereocenters. The van der Waals surface area contributed by atoms with Gasteiger partial charge < -0.3 is 54.8 Å². The van der Waals surface area contributed by atoms with Crippen LogP contribution in [0.25, 0.3) is 0 Å². The number of carbonyl (C=O) groups excluding carboxylic acids is 5. The fraction of sp³-hybridized carbons (Fsp3) is 0.328. The molecule has 404 valence electrons. The zero-order valence-corrected chi connectivity index (χ0v) is 43.5. The third-order valence-electron chi connectivity index (χ3n) is 12.8. The third kappa shape index (κ3) is 18.1. The van der Waals surface area contributed by atoms with Crippen LogP contribution in [-0.2, 0) is 86.9 Å². The fourth-order valence-corrected chi connectivity index (χ4v) is 8.89. The Morgan fingerprint density at radius 2 is 0.948 bits per heavy atom. The molecule has 0 spiro atoms. The molecule has 0 bridgehead atoms. The SMILES string of the molecule is COC(=O)[C@H](CC(C)C)NC(=O)[C@H](Cc1ccccc1)NC(=O)C[C@@H]1O[C@H](NC(=O)[C@H](Cc2ccc(O)cc2)NC(=O)OCc2ccccc2)[C@@H](OCc2ccccc2)[C@H](OCc2ccccc2)[C@H]1OCc1ccccc1. The Hall–Kier alpha value is -7.89. The highest BCUT2D eigenvalue weighted by molar-refractivity contribution is 5.91. The second-order valence-electron chi connectivity index (χ2n) is 19.2. The molecule has 16 nitrogen and oxygen atoms in total. The van der Waals surface area contributed by atoms with Crippen molar-refractivity contribution >= 4 is 29.8 Å². The third-order valence-corrected chi connectivity index (χ3v) is 12.8. The van der Waals surface area contributed by atoms with Gasteiger partial charge in [-0.15, -0.1) is 0 Å². The van der Waals surface area contributed by atoms with Crippen LogP contribution >= 0.6 is 0 Å². The Kier molecular flexibility index (Phi) is 21.7. The summed E-state index contributed by atoms with van der Waals surface area (Å²) in [6.07, 6.45) is -6.67. The molecule has 1 aliphatic rings. The van der Waals surface area contributed by atoms with E-state index in [2.05, 4.69) is 21.3 Å². The minimum atomic E-state index is -1.36. The van der Waals surface area contributed by atoms with Crippen molar-refractivity contribution in [3.05, 3.63) is 209 Å². The van der Waals surface area contributed by atoms with Gasteiger partial charge in [0.2, 0.25) is 17.7 Å². The second-order valence-corrected chi connectivity index (χ2v) is 19.2. The van der Waals surface area contributed by atoms with Crippen molar-refractivity contribution in [1.82, 2.24) is 21.3 Å². The first kappa shape index (κ1) is 56.8. The summed E-state index contributed by atoms with van der Waals surface area (Å²) in [5, 5.41) is 21.6. The fourth-order valence-electron chi connectivity index (χ4n) is 8.89. The Balaban J connectivity index is 1.25. The molecule has 1 heterocycles. The summed E-state index contributed by atoms with van der Waals surface area (Å²) in [5.74, 6) is -2.48. The number of nitrogens with one attached hydrogen (secondary N) is 4. The van der Waals surface area contributed by atoms with Gasteiger partial charge in [-0.05, 0) is 57.9 Å². The molecular formula is C61H68N4O12. The number of hydrogen-bond donors (Lipinski definition) is 5. The lowest BCUT2D eigenvalue weighted by atomic mass is 9.94. The van der Waals surface area contributed by atoms with E-state index in [4.69, 9.17) is 28.4 Å². The van der Waals surface area contributed by atoms with Gasteiger partial charge in [0.15, 0.2) is 6.23 Å². The van der Waals surface area contributed by atoms with E-state index in [0.717, 1.165) is 27.8 Å². The summed E-state index contributed by atoms with van der Waals surface area (Å²) in [6, 6.07) is 49.4. The van der Waals surface area contributed by atoms with Gasteiger partial charge in [-0.1, -0.05) is 178 Å². The average Bonchev–Trinajstić information content (AvgIpc) is 3.45. The number of methoxy groups -OCH3 is 1. The molecule has 16 heteroatoms. The van der Waals surface area contributed by atoms with Crippen molar-refractivity contribution in [2.75, 3.05) is 7.11 Å². The van der Waals surface area contributed by atoms with Crippen molar-refractivity contribution in [2.45, 2.75) is 115 Å². The number of rotatable bonds is 26. The van der Waals surface area contributed by atoms with E-state index < -0.39 is 85.0 Å². The summed E-state index contributed by atoms with van der Waals surface area (Å²) < 4.78 is 38.0. The predicted molar refractivity (Wildman–Crippen MR) is 287 cm³/mol. The van der Waals surface area contributed by atoms with E-state index in [-0.39, 0.29) is 50.9 Å². The number of ether oxygens (including phenoxy) is 6. The van der Waals surface area contributed by atoms with Gasteiger partial charge in [0.1, 0.15) is 48.8 Å². The molecule has 1 fully saturated rings. The van der Waals surface area contributed by atoms with E-state index in [0.29, 0.717) is 12.0 Å². The minimum Gasteiger partial charge on any atom is -0.508 e. The molecule has 1 aliphatic heterocycles. The molecule has 0 saturated carbocycles. The Morgan fingerprint density at radius 1 is 0.506 bits per heavy atom. The van der Waals surface area contributed by atoms with E-state index in [1.807, 2.05) is 153 Å². The van der Waals surface area contributed by atoms with Crippen molar-refractivity contribution in [3.8, 4) is 5.75 Å². The van der Waals surface area contributed by atoms with Crippen LogP contribution in [0.4, 0.5) is 4.79 Å². The molecule has 6 aromatic carbocycles. The van der Waals surface area contributed by atoms with Crippen LogP contribution in [0.2, 0.25) is 0 Å².